The molecule has 0 spiro atoms. The van der Waals surface area contributed by atoms with Crippen LogP contribution in [0.4, 0.5) is 11.6 Å². The largest absolute Gasteiger partial charge is 0.384 e. The van der Waals surface area contributed by atoms with Crippen LogP contribution in [0.2, 0.25) is 0 Å². The maximum Gasteiger partial charge on any atom is 0.126 e. The Morgan fingerprint density at radius 3 is 2.00 bits per heavy atom. The van der Waals surface area contributed by atoms with Gasteiger partial charge in [0.25, 0.3) is 0 Å². The van der Waals surface area contributed by atoms with E-state index in [1.165, 1.54) is 0 Å². The second-order valence-electron chi connectivity index (χ2n) is 4.56. The van der Waals surface area contributed by atoms with Crippen LogP contribution in [0, 0.1) is 5.41 Å². The van der Waals surface area contributed by atoms with Crippen molar-refractivity contribution in [2.75, 3.05) is 11.5 Å². The lowest BCUT2D eigenvalue weighted by Crippen LogP contribution is -2.10. The van der Waals surface area contributed by atoms with Crippen LogP contribution < -0.4 is 11.5 Å². The first-order valence-electron chi connectivity index (χ1n) is 4.39. The Labute approximate surface area is 79.2 Å². The molecule has 1 aromatic heterocycles. The van der Waals surface area contributed by atoms with Gasteiger partial charge in [0.05, 0.1) is 0 Å². The number of hydrogen-bond acceptors (Lipinski definition) is 3. The number of pyridine rings is 1. The molecule has 1 rings (SSSR count). The normalized spacial score (nSPS) is 11.6. The molecule has 0 amide bonds. The maximum atomic E-state index is 5.59. The number of nitrogen functional groups attached to an aromatic ring is 2. The Bertz CT molecular complexity index is 279. The van der Waals surface area contributed by atoms with Crippen LogP contribution >= 0.6 is 0 Å². The van der Waals surface area contributed by atoms with Crippen LogP contribution in [0.1, 0.15) is 26.3 Å². The van der Waals surface area contributed by atoms with E-state index in [0.29, 0.717) is 11.6 Å². The fraction of sp³-hybridized carbons (Fsp3) is 0.500. The molecule has 72 valence electrons. The Morgan fingerprint density at radius 2 is 1.62 bits per heavy atom. The predicted molar refractivity (Wildman–Crippen MR) is 56.2 cm³/mol. The van der Waals surface area contributed by atoms with E-state index in [0.717, 1.165) is 12.0 Å². The van der Waals surface area contributed by atoms with Crippen LogP contribution in [-0.4, -0.2) is 4.98 Å². The van der Waals surface area contributed by atoms with Gasteiger partial charge in [0.2, 0.25) is 0 Å². The molecular formula is C10H17N3. The highest BCUT2D eigenvalue weighted by Crippen LogP contribution is 2.22. The van der Waals surface area contributed by atoms with Crippen molar-refractivity contribution < 1.29 is 0 Å². The summed E-state index contributed by atoms with van der Waals surface area (Å²) in [4.78, 5) is 3.92. The predicted octanol–water partition coefficient (Wildman–Crippen LogP) is 1.83. The van der Waals surface area contributed by atoms with Crippen LogP contribution in [0.5, 0.6) is 0 Å². The smallest absolute Gasteiger partial charge is 0.126 e. The van der Waals surface area contributed by atoms with Crippen molar-refractivity contribution in [3.05, 3.63) is 17.7 Å². The third-order valence-electron chi connectivity index (χ3n) is 1.66. The second kappa shape index (κ2) is 3.24. The number of hydrogen-bond donors (Lipinski definition) is 2. The molecule has 13 heavy (non-hydrogen) atoms. The zero-order chi connectivity index (χ0) is 10.1. The van der Waals surface area contributed by atoms with E-state index in [1.807, 2.05) is 12.1 Å². The molecule has 0 aliphatic carbocycles. The van der Waals surface area contributed by atoms with Crippen molar-refractivity contribution in [3.8, 4) is 0 Å². The molecule has 4 N–H and O–H groups in total. The van der Waals surface area contributed by atoms with Gasteiger partial charge in [-0.15, -0.1) is 0 Å². The number of nitrogens with two attached hydrogens (primary N) is 2. The topological polar surface area (TPSA) is 64.9 Å². The molecule has 3 nitrogen and oxygen atoms in total. The minimum atomic E-state index is 0.250. The Balaban J connectivity index is 2.90. The van der Waals surface area contributed by atoms with E-state index >= 15 is 0 Å². The average Bonchev–Trinajstić information content (AvgIpc) is 1.78. The first kappa shape index (κ1) is 9.84. The molecule has 0 bridgehead atoms. The third kappa shape index (κ3) is 3.32. The summed E-state index contributed by atoms with van der Waals surface area (Å²) in [7, 11) is 0. The molecular weight excluding hydrogens is 162 g/mol. The minimum Gasteiger partial charge on any atom is -0.384 e. The highest BCUT2D eigenvalue weighted by atomic mass is 14.9. The van der Waals surface area contributed by atoms with Crippen LogP contribution in [-0.2, 0) is 6.42 Å². The molecule has 0 atom stereocenters. The van der Waals surface area contributed by atoms with Crippen LogP contribution in [0.15, 0.2) is 12.1 Å². The average molecular weight is 179 g/mol. The first-order valence-corrected chi connectivity index (χ1v) is 4.39. The van der Waals surface area contributed by atoms with Crippen molar-refractivity contribution in [3.63, 3.8) is 0 Å². The van der Waals surface area contributed by atoms with E-state index in [1.54, 1.807) is 0 Å². The quantitative estimate of drug-likeness (QED) is 0.691. The molecule has 0 aromatic carbocycles. The van der Waals surface area contributed by atoms with E-state index in [-0.39, 0.29) is 5.41 Å². The minimum absolute atomic E-state index is 0.250. The molecule has 1 heterocycles. The molecule has 1 aromatic rings. The number of nitrogens with zero attached hydrogens (tertiary/aromatic N) is 1. The lowest BCUT2D eigenvalue weighted by atomic mass is 9.88. The molecule has 3 heteroatoms. The van der Waals surface area contributed by atoms with Crippen molar-refractivity contribution in [2.45, 2.75) is 27.2 Å². The fourth-order valence-corrected chi connectivity index (χ4v) is 1.35. The lowest BCUT2D eigenvalue weighted by molar-refractivity contribution is 0.411. The van der Waals surface area contributed by atoms with Crippen molar-refractivity contribution in [2.24, 2.45) is 5.41 Å². The van der Waals surface area contributed by atoms with Gasteiger partial charge < -0.3 is 11.5 Å². The molecule has 0 saturated heterocycles. The molecule has 0 aliphatic heterocycles. The van der Waals surface area contributed by atoms with E-state index < -0.39 is 0 Å². The summed E-state index contributed by atoms with van der Waals surface area (Å²) in [5.74, 6) is 0.999. The van der Waals surface area contributed by atoms with Crippen molar-refractivity contribution >= 4 is 11.6 Å². The van der Waals surface area contributed by atoms with E-state index in [2.05, 4.69) is 25.8 Å². The van der Waals surface area contributed by atoms with Gasteiger partial charge in [-0.05, 0) is 29.5 Å². The lowest BCUT2D eigenvalue weighted by Gasteiger charge is -2.18. The third-order valence-corrected chi connectivity index (χ3v) is 1.66. The molecule has 0 aliphatic rings. The van der Waals surface area contributed by atoms with Gasteiger partial charge in [-0.25, -0.2) is 4.98 Å². The molecule has 0 unspecified atom stereocenters. The number of anilines is 2. The van der Waals surface area contributed by atoms with Gasteiger partial charge in [-0.1, -0.05) is 20.8 Å². The van der Waals surface area contributed by atoms with Crippen LogP contribution in [0.25, 0.3) is 0 Å². The highest BCUT2D eigenvalue weighted by Gasteiger charge is 2.11. The summed E-state index contributed by atoms with van der Waals surface area (Å²) in [6, 6.07) is 3.75. The molecule has 0 fully saturated rings. The second-order valence-corrected chi connectivity index (χ2v) is 4.56. The standard InChI is InChI=1S/C10H17N3/c1-10(2,3)6-7-4-8(11)13-9(12)5-7/h4-5H,6H2,1-3H3,(H4,11,12,13). The van der Waals surface area contributed by atoms with Crippen molar-refractivity contribution in [1.29, 1.82) is 0 Å². The van der Waals surface area contributed by atoms with Gasteiger partial charge in [-0.3, -0.25) is 0 Å². The Kier molecular flexibility index (Phi) is 2.45. The van der Waals surface area contributed by atoms with Gasteiger partial charge >= 0.3 is 0 Å². The Hall–Kier alpha value is -1.25. The summed E-state index contributed by atoms with van der Waals surface area (Å²) in [6.45, 7) is 6.54. The van der Waals surface area contributed by atoms with E-state index in [9.17, 15) is 0 Å². The SMILES string of the molecule is CC(C)(C)Cc1cc(N)nc(N)c1. The first-order chi connectivity index (χ1) is 5.87. The maximum absolute atomic E-state index is 5.59. The zero-order valence-electron chi connectivity index (χ0n) is 8.46. The van der Waals surface area contributed by atoms with Crippen LogP contribution in [0.3, 0.4) is 0 Å². The van der Waals surface area contributed by atoms with Gasteiger partial charge in [-0.2, -0.15) is 0 Å². The monoisotopic (exact) mass is 179 g/mol. The zero-order valence-corrected chi connectivity index (χ0v) is 8.46. The molecule has 0 saturated carbocycles. The van der Waals surface area contributed by atoms with Gasteiger partial charge in [0.1, 0.15) is 11.6 Å². The van der Waals surface area contributed by atoms with Gasteiger partial charge in [0.15, 0.2) is 0 Å². The summed E-state index contributed by atoms with van der Waals surface area (Å²) in [5, 5.41) is 0. The van der Waals surface area contributed by atoms with E-state index in [4.69, 9.17) is 11.5 Å². The summed E-state index contributed by atoms with van der Waals surface area (Å²) < 4.78 is 0. The van der Waals surface area contributed by atoms with Gasteiger partial charge in [0, 0.05) is 0 Å². The summed E-state index contributed by atoms with van der Waals surface area (Å²) >= 11 is 0. The van der Waals surface area contributed by atoms with Crippen molar-refractivity contribution in [1.82, 2.24) is 4.98 Å². The highest BCUT2D eigenvalue weighted by molar-refractivity contribution is 5.43. The molecule has 0 radical (unpaired) electrons. The Morgan fingerprint density at radius 1 is 1.15 bits per heavy atom. The number of aromatic nitrogens is 1. The number of rotatable bonds is 1. The summed E-state index contributed by atoms with van der Waals surface area (Å²) in [5.41, 5.74) is 12.6. The fourth-order valence-electron chi connectivity index (χ4n) is 1.35. The summed E-state index contributed by atoms with van der Waals surface area (Å²) in [6.07, 6.45) is 0.962.